The van der Waals surface area contributed by atoms with E-state index in [0.717, 1.165) is 31.2 Å². The Morgan fingerprint density at radius 3 is 2.63 bits per heavy atom. The van der Waals surface area contributed by atoms with Gasteiger partial charge in [0.15, 0.2) is 11.5 Å². The molecule has 1 fully saturated rings. The summed E-state index contributed by atoms with van der Waals surface area (Å²) < 4.78 is 0. The summed E-state index contributed by atoms with van der Waals surface area (Å²) in [6.07, 6.45) is 12.1. The molecule has 0 saturated heterocycles. The molecule has 5 heteroatoms. The number of aryl methyl sites for hydroxylation is 1. The highest BCUT2D eigenvalue weighted by atomic mass is 16.3. The van der Waals surface area contributed by atoms with Crippen LogP contribution in [0.15, 0.2) is 54.7 Å². The van der Waals surface area contributed by atoms with Crippen LogP contribution in [0.1, 0.15) is 44.1 Å². The first-order chi connectivity index (χ1) is 13.1. The lowest BCUT2D eigenvalue weighted by atomic mass is 9.94. The first kappa shape index (κ1) is 19.0. The van der Waals surface area contributed by atoms with E-state index in [4.69, 9.17) is 0 Å². The van der Waals surface area contributed by atoms with E-state index < -0.39 is 0 Å². The van der Waals surface area contributed by atoms with Crippen molar-refractivity contribution in [1.82, 2.24) is 4.98 Å². The van der Waals surface area contributed by atoms with E-state index in [1.54, 1.807) is 24.4 Å². The van der Waals surface area contributed by atoms with Crippen molar-refractivity contribution in [2.24, 2.45) is 0 Å². The highest BCUT2D eigenvalue weighted by Crippen LogP contribution is 2.27. The van der Waals surface area contributed by atoms with Crippen LogP contribution in [-0.4, -0.2) is 27.1 Å². The Kier molecular flexibility index (Phi) is 6.47. The van der Waals surface area contributed by atoms with Gasteiger partial charge in [-0.15, -0.1) is 0 Å². The number of aromatic hydroxyl groups is 2. The summed E-state index contributed by atoms with van der Waals surface area (Å²) in [7, 11) is 0. The normalized spacial score (nSPS) is 15.1. The summed E-state index contributed by atoms with van der Waals surface area (Å²) in [6.45, 7) is 0. The maximum absolute atomic E-state index is 12.9. The van der Waals surface area contributed by atoms with Gasteiger partial charge < -0.3 is 10.2 Å². The summed E-state index contributed by atoms with van der Waals surface area (Å²) >= 11 is 0. The van der Waals surface area contributed by atoms with Gasteiger partial charge in [0.05, 0.1) is 0 Å². The number of aromatic nitrogens is 1. The molecule has 3 rings (SSSR count). The van der Waals surface area contributed by atoms with E-state index in [2.05, 4.69) is 4.98 Å². The summed E-state index contributed by atoms with van der Waals surface area (Å²) in [5.41, 5.74) is 0.913. The molecule has 0 atom stereocenters. The van der Waals surface area contributed by atoms with Gasteiger partial charge in [0.25, 0.3) is 5.91 Å². The molecule has 0 spiro atoms. The van der Waals surface area contributed by atoms with Crippen LogP contribution in [0.4, 0.5) is 5.82 Å². The number of hydrogen-bond donors (Lipinski definition) is 2. The molecule has 27 heavy (non-hydrogen) atoms. The van der Waals surface area contributed by atoms with Crippen LogP contribution >= 0.6 is 0 Å². The zero-order chi connectivity index (χ0) is 19.1. The number of benzene rings is 1. The van der Waals surface area contributed by atoms with Crippen molar-refractivity contribution in [3.8, 4) is 11.5 Å². The lowest BCUT2D eigenvalue weighted by molar-refractivity contribution is -0.114. The van der Waals surface area contributed by atoms with Crippen molar-refractivity contribution < 1.29 is 15.0 Å². The molecule has 0 bridgehead atoms. The Morgan fingerprint density at radius 1 is 1.11 bits per heavy atom. The molecular formula is C22H26N2O3. The Bertz CT molecular complexity index is 783. The molecule has 1 amide bonds. The topological polar surface area (TPSA) is 73.7 Å². The number of nitrogens with zero attached hydrogens (tertiary/aromatic N) is 2. The Labute approximate surface area is 160 Å². The van der Waals surface area contributed by atoms with Crippen molar-refractivity contribution in [3.63, 3.8) is 0 Å². The van der Waals surface area contributed by atoms with Crippen LogP contribution in [-0.2, 0) is 11.2 Å². The minimum atomic E-state index is -0.122. The Morgan fingerprint density at radius 2 is 1.93 bits per heavy atom. The lowest BCUT2D eigenvalue weighted by Gasteiger charge is -2.32. The molecule has 142 valence electrons. The minimum Gasteiger partial charge on any atom is -0.504 e. The van der Waals surface area contributed by atoms with Crippen molar-refractivity contribution in [1.29, 1.82) is 0 Å². The summed E-state index contributed by atoms with van der Waals surface area (Å²) in [5.74, 6) is 0.436. The van der Waals surface area contributed by atoms with Crippen LogP contribution in [0.5, 0.6) is 11.5 Å². The number of pyridine rings is 1. The number of phenols is 2. The number of anilines is 1. The monoisotopic (exact) mass is 366 g/mol. The third-order valence-electron chi connectivity index (χ3n) is 4.97. The quantitative estimate of drug-likeness (QED) is 0.589. The molecule has 1 heterocycles. The van der Waals surface area contributed by atoms with Gasteiger partial charge in [-0.3, -0.25) is 9.69 Å². The second-order valence-corrected chi connectivity index (χ2v) is 6.95. The highest BCUT2D eigenvalue weighted by molar-refractivity contribution is 6.01. The molecule has 1 aromatic heterocycles. The number of amides is 1. The van der Waals surface area contributed by atoms with Gasteiger partial charge in [-0.2, -0.15) is 0 Å². The van der Waals surface area contributed by atoms with Crippen LogP contribution in [0, 0.1) is 0 Å². The van der Waals surface area contributed by atoms with Gasteiger partial charge in [0.1, 0.15) is 5.82 Å². The summed E-state index contributed by atoms with van der Waals surface area (Å²) in [5, 5.41) is 18.9. The number of hydrogen-bond acceptors (Lipinski definition) is 4. The van der Waals surface area contributed by atoms with Gasteiger partial charge in [-0.25, -0.2) is 4.98 Å². The van der Waals surface area contributed by atoms with Gasteiger partial charge >= 0.3 is 0 Å². The number of carbonyl (C=O) groups is 1. The average Bonchev–Trinajstić information content (AvgIpc) is 2.70. The average molecular weight is 366 g/mol. The van der Waals surface area contributed by atoms with E-state index in [1.807, 2.05) is 29.2 Å². The number of carbonyl (C=O) groups excluding carboxylic acids is 1. The van der Waals surface area contributed by atoms with E-state index in [-0.39, 0.29) is 23.4 Å². The minimum absolute atomic E-state index is 0.0332. The fraction of sp³-hybridized carbons (Fsp3) is 0.364. The Hall–Kier alpha value is -2.82. The largest absolute Gasteiger partial charge is 0.504 e. The zero-order valence-corrected chi connectivity index (χ0v) is 15.4. The van der Waals surface area contributed by atoms with Crippen LogP contribution in [0.3, 0.4) is 0 Å². The molecule has 0 unspecified atom stereocenters. The molecule has 1 aromatic carbocycles. The summed E-state index contributed by atoms with van der Waals surface area (Å²) in [4.78, 5) is 19.1. The smallest absolute Gasteiger partial charge is 0.252 e. The molecule has 2 N–H and O–H groups in total. The molecular weight excluding hydrogens is 340 g/mol. The number of phenolic OH excluding ortho intramolecular Hbond substituents is 2. The first-order valence-corrected chi connectivity index (χ1v) is 9.57. The molecule has 1 saturated carbocycles. The van der Waals surface area contributed by atoms with Gasteiger partial charge in [-0.05, 0) is 61.6 Å². The maximum Gasteiger partial charge on any atom is 0.252 e. The van der Waals surface area contributed by atoms with Crippen molar-refractivity contribution in [2.45, 2.75) is 51.0 Å². The van der Waals surface area contributed by atoms with Gasteiger partial charge in [0.2, 0.25) is 0 Å². The van der Waals surface area contributed by atoms with Gasteiger partial charge in [0, 0.05) is 12.2 Å². The van der Waals surface area contributed by atoms with Crippen molar-refractivity contribution in [3.05, 3.63) is 60.3 Å². The fourth-order valence-corrected chi connectivity index (χ4v) is 3.55. The third-order valence-corrected chi connectivity index (χ3v) is 4.97. The predicted octanol–water partition coefficient (Wildman–Crippen LogP) is 4.35. The van der Waals surface area contributed by atoms with E-state index in [0.29, 0.717) is 18.7 Å². The molecule has 5 nitrogen and oxygen atoms in total. The number of allylic oxidation sites excluding steroid dienone is 1. The zero-order valence-electron chi connectivity index (χ0n) is 15.4. The lowest BCUT2D eigenvalue weighted by Crippen LogP contribution is -2.41. The standard InChI is InChI=1S/C22H26N2O3/c25-19-14-13-17(16-20(19)26)8-4-5-12-22(27)24(18-9-2-1-3-10-18)21-11-6-7-15-23-21/h5-7,11-16,18,25-26H,1-4,8-10H2/b12-5-. The molecule has 2 aromatic rings. The first-order valence-electron chi connectivity index (χ1n) is 9.57. The fourth-order valence-electron chi connectivity index (χ4n) is 3.55. The molecule has 0 aliphatic heterocycles. The third kappa shape index (κ3) is 5.09. The predicted molar refractivity (Wildman–Crippen MR) is 106 cm³/mol. The molecule has 0 radical (unpaired) electrons. The second kappa shape index (κ2) is 9.21. The highest BCUT2D eigenvalue weighted by Gasteiger charge is 2.26. The SMILES string of the molecule is O=C(/C=C\CCc1ccc(O)c(O)c1)N(c1ccccn1)C1CCCCC1. The van der Waals surface area contributed by atoms with E-state index in [1.165, 1.54) is 12.5 Å². The van der Waals surface area contributed by atoms with E-state index in [9.17, 15) is 15.0 Å². The van der Waals surface area contributed by atoms with Crippen molar-refractivity contribution >= 4 is 11.7 Å². The van der Waals surface area contributed by atoms with Gasteiger partial charge in [-0.1, -0.05) is 37.5 Å². The Balaban J connectivity index is 1.64. The van der Waals surface area contributed by atoms with Crippen LogP contribution in [0.25, 0.3) is 0 Å². The van der Waals surface area contributed by atoms with Crippen molar-refractivity contribution in [2.75, 3.05) is 4.90 Å². The summed E-state index contributed by atoms with van der Waals surface area (Å²) in [6, 6.07) is 10.7. The maximum atomic E-state index is 12.9. The van der Waals surface area contributed by atoms with E-state index >= 15 is 0 Å². The number of rotatable bonds is 6. The van der Waals surface area contributed by atoms with Crippen LogP contribution < -0.4 is 4.90 Å². The second-order valence-electron chi connectivity index (χ2n) is 6.95. The molecule has 1 aliphatic carbocycles. The van der Waals surface area contributed by atoms with Crippen LogP contribution in [0.2, 0.25) is 0 Å². The molecule has 1 aliphatic rings.